The highest BCUT2D eigenvalue weighted by atomic mass is 16.5. The van der Waals surface area contributed by atoms with Crippen LogP contribution < -0.4 is 10.2 Å². The Kier molecular flexibility index (Phi) is 3.35. The van der Waals surface area contributed by atoms with E-state index in [0.717, 1.165) is 55.4 Å². The van der Waals surface area contributed by atoms with Gasteiger partial charge >= 0.3 is 0 Å². The molecule has 1 aromatic heterocycles. The van der Waals surface area contributed by atoms with E-state index < -0.39 is 0 Å². The summed E-state index contributed by atoms with van der Waals surface area (Å²) >= 11 is 0. The third-order valence-electron chi connectivity index (χ3n) is 5.07. The predicted molar refractivity (Wildman–Crippen MR) is 95.0 cm³/mol. The molecule has 5 nitrogen and oxygen atoms in total. The third-order valence-corrected chi connectivity index (χ3v) is 5.07. The smallest absolute Gasteiger partial charge is 0.252 e. The first kappa shape index (κ1) is 14.7. The second-order valence-electron chi connectivity index (χ2n) is 6.67. The van der Waals surface area contributed by atoms with Crippen LogP contribution in [0, 0.1) is 0 Å². The summed E-state index contributed by atoms with van der Waals surface area (Å²) in [5, 5.41) is 3.01. The lowest BCUT2D eigenvalue weighted by molar-refractivity contribution is -0.117. The number of rotatable bonds is 4. The van der Waals surface area contributed by atoms with Crippen molar-refractivity contribution in [3.05, 3.63) is 70.0 Å². The molecule has 1 aliphatic heterocycles. The first-order valence-electron chi connectivity index (χ1n) is 8.73. The highest BCUT2D eigenvalue weighted by Gasteiger charge is 2.35. The molecule has 0 spiro atoms. The van der Waals surface area contributed by atoms with Crippen LogP contribution in [0.25, 0.3) is 0 Å². The summed E-state index contributed by atoms with van der Waals surface area (Å²) in [5.74, 6) is 0.920. The van der Waals surface area contributed by atoms with Crippen LogP contribution in [-0.4, -0.2) is 37.2 Å². The summed E-state index contributed by atoms with van der Waals surface area (Å²) in [5.41, 5.74) is 6.77. The molecule has 5 heteroatoms. The predicted octanol–water partition coefficient (Wildman–Crippen LogP) is 2.04. The molecule has 5 rings (SSSR count). The summed E-state index contributed by atoms with van der Waals surface area (Å²) in [6.45, 7) is 3.62. The molecule has 126 valence electrons. The van der Waals surface area contributed by atoms with E-state index in [1.165, 1.54) is 16.7 Å². The summed E-state index contributed by atoms with van der Waals surface area (Å²) in [6.07, 6.45) is 7.23. The van der Waals surface area contributed by atoms with E-state index in [4.69, 9.17) is 4.74 Å². The Morgan fingerprint density at radius 3 is 2.96 bits per heavy atom. The molecular weight excluding hydrogens is 314 g/mol. The Bertz CT molecular complexity index is 886. The maximum atomic E-state index is 12.5. The number of amides is 1. The minimum Gasteiger partial charge on any atom is -0.378 e. The maximum absolute atomic E-state index is 12.5. The fourth-order valence-corrected chi connectivity index (χ4v) is 3.63. The summed E-state index contributed by atoms with van der Waals surface area (Å²) in [6, 6.07) is 5.96. The lowest BCUT2D eigenvalue weighted by atomic mass is 10.1. The molecule has 0 unspecified atom stereocenters. The number of allylic oxidation sites excluding steroid dienone is 6. The van der Waals surface area contributed by atoms with Crippen molar-refractivity contribution >= 4 is 11.7 Å². The molecule has 0 radical (unpaired) electrons. The monoisotopic (exact) mass is 333 g/mol. The Morgan fingerprint density at radius 2 is 2.08 bits per heavy atom. The molecule has 4 aliphatic rings. The molecule has 25 heavy (non-hydrogen) atoms. The van der Waals surface area contributed by atoms with Gasteiger partial charge in [0.2, 0.25) is 0 Å². The molecular formula is C20H19N3O2. The Labute approximate surface area is 146 Å². The molecule has 0 atom stereocenters. The van der Waals surface area contributed by atoms with E-state index in [2.05, 4.69) is 27.4 Å². The number of pyridine rings is 1. The summed E-state index contributed by atoms with van der Waals surface area (Å²) in [4.78, 5) is 19.4. The van der Waals surface area contributed by atoms with Crippen molar-refractivity contribution in [1.82, 2.24) is 10.3 Å². The summed E-state index contributed by atoms with van der Waals surface area (Å²) < 4.78 is 5.39. The van der Waals surface area contributed by atoms with Gasteiger partial charge in [0, 0.05) is 18.7 Å². The van der Waals surface area contributed by atoms with Crippen LogP contribution in [0.1, 0.15) is 12.1 Å². The number of aromatic nitrogens is 1. The molecule has 0 bridgehead atoms. The zero-order chi connectivity index (χ0) is 16.8. The van der Waals surface area contributed by atoms with Crippen molar-refractivity contribution in [2.45, 2.75) is 13.0 Å². The van der Waals surface area contributed by atoms with Crippen LogP contribution in [-0.2, 0) is 16.1 Å². The Balaban J connectivity index is 1.27. The summed E-state index contributed by atoms with van der Waals surface area (Å²) in [7, 11) is 0. The molecule has 1 saturated carbocycles. The number of hydrogen-bond acceptors (Lipinski definition) is 4. The van der Waals surface area contributed by atoms with Crippen LogP contribution >= 0.6 is 0 Å². The van der Waals surface area contributed by atoms with Gasteiger partial charge in [0.15, 0.2) is 0 Å². The van der Waals surface area contributed by atoms with Crippen molar-refractivity contribution < 1.29 is 9.53 Å². The molecule has 3 aliphatic carbocycles. The van der Waals surface area contributed by atoms with E-state index >= 15 is 0 Å². The van der Waals surface area contributed by atoms with Crippen molar-refractivity contribution in [2.24, 2.45) is 0 Å². The fourth-order valence-electron chi connectivity index (χ4n) is 3.63. The number of nitrogens with zero attached hydrogens (tertiary/aromatic N) is 2. The minimum absolute atomic E-state index is 0.0291. The number of carbonyl (C=O) groups is 1. The molecule has 1 aromatic rings. The first-order chi connectivity index (χ1) is 12.3. The van der Waals surface area contributed by atoms with Gasteiger partial charge in [0.25, 0.3) is 5.91 Å². The number of carbonyl (C=O) groups excluding carboxylic acids is 1. The molecule has 0 aromatic carbocycles. The fraction of sp³-hybridized carbons (Fsp3) is 0.300. The zero-order valence-corrected chi connectivity index (χ0v) is 13.9. The average molecular weight is 333 g/mol. The lowest BCUT2D eigenvalue weighted by Gasteiger charge is -2.28. The topological polar surface area (TPSA) is 54.5 Å². The molecule has 2 fully saturated rings. The van der Waals surface area contributed by atoms with Crippen molar-refractivity contribution in [2.75, 3.05) is 31.2 Å². The molecule has 1 N–H and O–H groups in total. The number of anilines is 1. The van der Waals surface area contributed by atoms with Gasteiger partial charge in [0.1, 0.15) is 5.82 Å². The van der Waals surface area contributed by atoms with Crippen molar-refractivity contribution in [1.29, 1.82) is 0 Å². The van der Waals surface area contributed by atoms with E-state index in [0.29, 0.717) is 6.54 Å². The Morgan fingerprint density at radius 1 is 1.20 bits per heavy atom. The quantitative estimate of drug-likeness (QED) is 0.916. The lowest BCUT2D eigenvalue weighted by Crippen LogP contribution is -2.37. The van der Waals surface area contributed by atoms with Crippen LogP contribution in [0.4, 0.5) is 5.82 Å². The molecule has 1 saturated heterocycles. The van der Waals surface area contributed by atoms with E-state index in [1.54, 1.807) is 0 Å². The highest BCUT2D eigenvalue weighted by molar-refractivity contribution is 6.01. The molecule has 1 amide bonds. The van der Waals surface area contributed by atoms with Gasteiger partial charge in [-0.05, 0) is 53.0 Å². The van der Waals surface area contributed by atoms with E-state index in [1.807, 2.05) is 24.3 Å². The van der Waals surface area contributed by atoms with Crippen molar-refractivity contribution in [3.63, 3.8) is 0 Å². The van der Waals surface area contributed by atoms with Crippen LogP contribution in [0.15, 0.2) is 64.3 Å². The van der Waals surface area contributed by atoms with Crippen LogP contribution in [0.3, 0.4) is 0 Å². The van der Waals surface area contributed by atoms with Gasteiger partial charge in [-0.3, -0.25) is 4.79 Å². The van der Waals surface area contributed by atoms with E-state index in [-0.39, 0.29) is 5.91 Å². The van der Waals surface area contributed by atoms with Gasteiger partial charge in [-0.2, -0.15) is 0 Å². The van der Waals surface area contributed by atoms with Crippen LogP contribution in [0.2, 0.25) is 0 Å². The Hall–Kier alpha value is -2.66. The average Bonchev–Trinajstić information content (AvgIpc) is 3.14. The maximum Gasteiger partial charge on any atom is 0.252 e. The minimum atomic E-state index is -0.0291. The number of hydrogen-bond donors (Lipinski definition) is 1. The third kappa shape index (κ3) is 2.61. The van der Waals surface area contributed by atoms with Gasteiger partial charge in [-0.15, -0.1) is 0 Å². The van der Waals surface area contributed by atoms with Gasteiger partial charge < -0.3 is 15.0 Å². The standard InChI is InChI=1S/C20H19N3O2/c24-20(16-5-4-15-17-10-13(17)11-18(15)16)21-12-14-2-1-3-19(22-14)23-6-8-25-9-7-23/h1-5,11H,6-10,12H2,(H,21,24). The van der Waals surface area contributed by atoms with Gasteiger partial charge in [-0.25, -0.2) is 4.98 Å². The second-order valence-corrected chi connectivity index (χ2v) is 6.67. The van der Waals surface area contributed by atoms with Gasteiger partial charge in [0.05, 0.1) is 25.5 Å². The largest absolute Gasteiger partial charge is 0.378 e. The second kappa shape index (κ2) is 5.70. The highest BCUT2D eigenvalue weighted by Crippen LogP contribution is 2.51. The normalized spacial score (nSPS) is 20.6. The first-order valence-corrected chi connectivity index (χ1v) is 8.73. The van der Waals surface area contributed by atoms with Crippen LogP contribution in [0.5, 0.6) is 0 Å². The van der Waals surface area contributed by atoms with Crippen molar-refractivity contribution in [3.8, 4) is 0 Å². The number of nitrogens with one attached hydrogen (secondary N) is 1. The zero-order valence-electron chi connectivity index (χ0n) is 13.9. The van der Waals surface area contributed by atoms with E-state index in [9.17, 15) is 4.79 Å². The molecule has 2 heterocycles. The number of ether oxygens (including phenoxy) is 1. The van der Waals surface area contributed by atoms with Gasteiger partial charge in [-0.1, -0.05) is 12.1 Å². The number of morpholine rings is 1. The number of fused-ring (bicyclic) bond motifs is 2. The SMILES string of the molecule is O=C(NCc1cccc(N2CCOCC2)n1)C1=C2C=C3CC3=C2C=C1.